The number of rotatable bonds is 4. The second kappa shape index (κ2) is 6.97. The molecule has 0 unspecified atom stereocenters. The Bertz CT molecular complexity index is 973. The minimum Gasteiger partial charge on any atom is -0.489 e. The van der Waals surface area contributed by atoms with Gasteiger partial charge in [0, 0.05) is 15.6 Å². The van der Waals surface area contributed by atoms with Gasteiger partial charge < -0.3 is 4.74 Å². The third-order valence-electron chi connectivity index (χ3n) is 4.15. The quantitative estimate of drug-likeness (QED) is 0.730. The van der Waals surface area contributed by atoms with E-state index in [9.17, 15) is 4.79 Å². The van der Waals surface area contributed by atoms with Crippen molar-refractivity contribution in [1.29, 1.82) is 0 Å². The van der Waals surface area contributed by atoms with Gasteiger partial charge in [-0.15, -0.1) is 0 Å². The Hall–Kier alpha value is -2.57. The van der Waals surface area contributed by atoms with Crippen LogP contribution in [0.25, 0.3) is 0 Å². The minimum atomic E-state index is -0.219. The number of nitrogens with zero attached hydrogens (tertiary/aromatic N) is 3. The predicted molar refractivity (Wildman–Crippen MR) is 98.6 cm³/mol. The number of hydrogen-bond acceptors (Lipinski definition) is 4. The van der Waals surface area contributed by atoms with Gasteiger partial charge in [-0.2, -0.15) is 10.1 Å². The molecular weight excluding hydrogens is 375 g/mol. The molecule has 0 saturated carbocycles. The van der Waals surface area contributed by atoms with Crippen molar-refractivity contribution >= 4 is 35.1 Å². The number of nitrogens with one attached hydrogen (secondary N) is 1. The van der Waals surface area contributed by atoms with E-state index in [4.69, 9.17) is 27.9 Å². The van der Waals surface area contributed by atoms with Gasteiger partial charge >= 0.3 is 0 Å². The van der Waals surface area contributed by atoms with Crippen LogP contribution >= 0.6 is 23.2 Å². The number of benzene rings is 2. The summed E-state index contributed by atoms with van der Waals surface area (Å²) >= 11 is 12.1. The molecule has 0 radical (unpaired) electrons. The molecule has 1 aliphatic heterocycles. The zero-order valence-corrected chi connectivity index (χ0v) is 15.0. The molecule has 132 valence electrons. The first kappa shape index (κ1) is 16.9. The van der Waals surface area contributed by atoms with Gasteiger partial charge in [0.15, 0.2) is 0 Å². The van der Waals surface area contributed by atoms with Crippen molar-refractivity contribution in [2.45, 2.75) is 19.1 Å². The van der Waals surface area contributed by atoms with Crippen LogP contribution in [0.2, 0.25) is 10.0 Å². The standard InChI is InChI=1S/C18H14Cl2N4O2/c19-13-5-4-12(15(20)7-13)9-26-14-3-1-2-11(6-14)16-8-17(25)23-18-21-10-22-24(16)18/h1-7,10,16H,8-9H2,(H,21,22,23,25)/t16-/m1/s1. The molecule has 6 nitrogen and oxygen atoms in total. The van der Waals surface area contributed by atoms with Gasteiger partial charge in [0.25, 0.3) is 0 Å². The number of anilines is 1. The van der Waals surface area contributed by atoms with Crippen molar-refractivity contribution < 1.29 is 9.53 Å². The number of hydrogen-bond donors (Lipinski definition) is 1. The maximum Gasteiger partial charge on any atom is 0.229 e. The van der Waals surface area contributed by atoms with Gasteiger partial charge in [0.1, 0.15) is 18.7 Å². The van der Waals surface area contributed by atoms with Crippen LogP contribution in [0.3, 0.4) is 0 Å². The molecule has 2 aromatic carbocycles. The lowest BCUT2D eigenvalue weighted by atomic mass is 10.0. The molecule has 8 heteroatoms. The van der Waals surface area contributed by atoms with Crippen LogP contribution in [0.1, 0.15) is 23.6 Å². The summed E-state index contributed by atoms with van der Waals surface area (Å²) in [6, 6.07) is 12.7. The van der Waals surface area contributed by atoms with Crippen LogP contribution < -0.4 is 10.1 Å². The Kier molecular flexibility index (Phi) is 4.53. The number of aromatic nitrogens is 3. The lowest BCUT2D eigenvalue weighted by molar-refractivity contribution is -0.117. The summed E-state index contributed by atoms with van der Waals surface area (Å²) in [5.41, 5.74) is 1.77. The fourth-order valence-electron chi connectivity index (χ4n) is 2.88. The molecule has 0 aliphatic carbocycles. The van der Waals surface area contributed by atoms with E-state index in [1.807, 2.05) is 30.3 Å². The fourth-order valence-corrected chi connectivity index (χ4v) is 3.34. The van der Waals surface area contributed by atoms with Crippen LogP contribution in [0.4, 0.5) is 5.95 Å². The summed E-state index contributed by atoms with van der Waals surface area (Å²) in [7, 11) is 0. The molecule has 2 heterocycles. The first-order valence-corrected chi connectivity index (χ1v) is 8.72. The number of ether oxygens (including phenoxy) is 1. The van der Waals surface area contributed by atoms with E-state index in [0.29, 0.717) is 34.8 Å². The lowest BCUT2D eigenvalue weighted by Crippen LogP contribution is -2.29. The average Bonchev–Trinajstić information content (AvgIpc) is 3.09. The molecule has 0 fully saturated rings. The van der Waals surface area contributed by atoms with E-state index >= 15 is 0 Å². The molecule has 1 atom stereocenters. The van der Waals surface area contributed by atoms with E-state index in [1.165, 1.54) is 6.33 Å². The number of carbonyl (C=O) groups is 1. The Labute approximate surface area is 159 Å². The van der Waals surface area contributed by atoms with Crippen molar-refractivity contribution in [2.24, 2.45) is 0 Å². The van der Waals surface area contributed by atoms with Crippen molar-refractivity contribution in [1.82, 2.24) is 14.8 Å². The average molecular weight is 389 g/mol. The van der Waals surface area contributed by atoms with E-state index in [0.717, 1.165) is 11.1 Å². The van der Waals surface area contributed by atoms with Crippen LogP contribution in [-0.2, 0) is 11.4 Å². The molecule has 26 heavy (non-hydrogen) atoms. The van der Waals surface area contributed by atoms with E-state index in [1.54, 1.807) is 16.8 Å². The smallest absolute Gasteiger partial charge is 0.229 e. The van der Waals surface area contributed by atoms with E-state index in [-0.39, 0.29) is 11.9 Å². The molecule has 0 spiro atoms. The van der Waals surface area contributed by atoms with Crippen LogP contribution in [0.5, 0.6) is 5.75 Å². The van der Waals surface area contributed by atoms with Crippen LogP contribution in [0.15, 0.2) is 48.8 Å². The van der Waals surface area contributed by atoms with Crippen molar-refractivity contribution in [3.63, 3.8) is 0 Å². The summed E-state index contributed by atoms with van der Waals surface area (Å²) in [6.45, 7) is 0.319. The second-order valence-electron chi connectivity index (χ2n) is 5.89. The van der Waals surface area contributed by atoms with Crippen LogP contribution in [-0.4, -0.2) is 20.7 Å². The summed E-state index contributed by atoms with van der Waals surface area (Å²) in [5.74, 6) is 1.04. The highest BCUT2D eigenvalue weighted by Crippen LogP contribution is 2.30. The minimum absolute atomic E-state index is 0.0882. The first-order chi connectivity index (χ1) is 12.6. The highest BCUT2D eigenvalue weighted by molar-refractivity contribution is 6.35. The second-order valence-corrected chi connectivity index (χ2v) is 6.74. The Balaban J connectivity index is 1.55. The van der Waals surface area contributed by atoms with Gasteiger partial charge in [-0.05, 0) is 29.8 Å². The fraction of sp³-hybridized carbons (Fsp3) is 0.167. The van der Waals surface area contributed by atoms with Crippen molar-refractivity contribution in [3.8, 4) is 5.75 Å². The Morgan fingerprint density at radius 2 is 2.12 bits per heavy atom. The largest absolute Gasteiger partial charge is 0.489 e. The zero-order valence-electron chi connectivity index (χ0n) is 13.5. The monoisotopic (exact) mass is 388 g/mol. The van der Waals surface area contributed by atoms with E-state index < -0.39 is 0 Å². The molecule has 3 aromatic rings. The lowest BCUT2D eigenvalue weighted by Gasteiger charge is -2.24. The van der Waals surface area contributed by atoms with E-state index in [2.05, 4.69) is 15.4 Å². The summed E-state index contributed by atoms with van der Waals surface area (Å²) in [4.78, 5) is 16.0. The number of carbonyl (C=O) groups excluding carboxylic acids is 1. The molecule has 1 amide bonds. The summed E-state index contributed by atoms with van der Waals surface area (Å²) in [6.07, 6.45) is 1.72. The van der Waals surface area contributed by atoms with Gasteiger partial charge in [-0.25, -0.2) is 4.68 Å². The number of halogens is 2. The normalized spacial score (nSPS) is 16.1. The molecule has 1 aliphatic rings. The van der Waals surface area contributed by atoms with Crippen molar-refractivity contribution in [3.05, 3.63) is 70.0 Å². The van der Waals surface area contributed by atoms with Gasteiger partial charge in [-0.3, -0.25) is 10.1 Å². The summed E-state index contributed by atoms with van der Waals surface area (Å²) < 4.78 is 7.57. The van der Waals surface area contributed by atoms with Gasteiger partial charge in [0.05, 0.1) is 12.5 Å². The Morgan fingerprint density at radius 3 is 2.96 bits per heavy atom. The molecule has 1 aromatic heterocycles. The highest BCUT2D eigenvalue weighted by atomic mass is 35.5. The third-order valence-corrected chi connectivity index (χ3v) is 4.74. The summed E-state index contributed by atoms with van der Waals surface area (Å²) in [5, 5.41) is 8.06. The topological polar surface area (TPSA) is 69.0 Å². The molecular formula is C18H14Cl2N4O2. The SMILES string of the molecule is O=C1C[C@H](c2cccc(OCc3ccc(Cl)cc3Cl)c2)n2ncnc2N1. The molecule has 0 bridgehead atoms. The number of amides is 1. The van der Waals surface area contributed by atoms with Gasteiger partial charge in [0.2, 0.25) is 11.9 Å². The maximum absolute atomic E-state index is 11.9. The van der Waals surface area contributed by atoms with Crippen molar-refractivity contribution in [2.75, 3.05) is 5.32 Å². The molecule has 1 N–H and O–H groups in total. The van der Waals surface area contributed by atoms with Gasteiger partial charge in [-0.1, -0.05) is 41.4 Å². The molecule has 0 saturated heterocycles. The maximum atomic E-state index is 11.9. The zero-order chi connectivity index (χ0) is 18.1. The van der Waals surface area contributed by atoms with Crippen LogP contribution in [0, 0.1) is 0 Å². The number of fused-ring (bicyclic) bond motifs is 1. The Morgan fingerprint density at radius 1 is 1.23 bits per heavy atom. The predicted octanol–water partition coefficient (Wildman–Crippen LogP) is 4.10. The first-order valence-electron chi connectivity index (χ1n) is 7.96. The third kappa shape index (κ3) is 3.38. The highest BCUT2D eigenvalue weighted by Gasteiger charge is 2.27. The molecule has 4 rings (SSSR count).